The van der Waals surface area contributed by atoms with Crippen LogP contribution in [-0.4, -0.2) is 35.1 Å². The summed E-state index contributed by atoms with van der Waals surface area (Å²) in [6, 6.07) is 4.24. The number of piperidine rings is 1. The van der Waals surface area contributed by atoms with Crippen LogP contribution in [0.4, 0.5) is 18.0 Å². The van der Waals surface area contributed by atoms with Crippen LogP contribution in [0.15, 0.2) is 24.3 Å². The van der Waals surface area contributed by atoms with Crippen molar-refractivity contribution in [1.29, 1.82) is 0 Å². The molecule has 126 valence electrons. The number of hydrogen-bond acceptors (Lipinski definition) is 2. The number of alkyl halides is 3. The number of nitrogens with zero attached hydrogens (tertiary/aromatic N) is 1. The van der Waals surface area contributed by atoms with Crippen molar-refractivity contribution < 1.29 is 27.9 Å². The molecule has 1 aliphatic heterocycles. The molecule has 0 bridgehead atoms. The van der Waals surface area contributed by atoms with Crippen LogP contribution < -0.4 is 5.32 Å². The summed E-state index contributed by atoms with van der Waals surface area (Å²) in [6.45, 7) is 0.835. The molecule has 0 spiro atoms. The predicted molar refractivity (Wildman–Crippen MR) is 75.6 cm³/mol. The number of amides is 2. The Morgan fingerprint density at radius 3 is 2.22 bits per heavy atom. The summed E-state index contributed by atoms with van der Waals surface area (Å²) in [4.78, 5) is 24.3. The molecule has 1 heterocycles. The Morgan fingerprint density at radius 1 is 1.17 bits per heavy atom. The molecular weight excluding hydrogens is 313 g/mol. The third-order valence-corrected chi connectivity index (χ3v) is 3.86. The zero-order valence-corrected chi connectivity index (χ0v) is 12.3. The fourth-order valence-corrected chi connectivity index (χ4v) is 2.43. The Morgan fingerprint density at radius 2 is 1.74 bits per heavy atom. The highest BCUT2D eigenvalue weighted by atomic mass is 19.4. The van der Waals surface area contributed by atoms with Crippen LogP contribution in [0.5, 0.6) is 0 Å². The van der Waals surface area contributed by atoms with Crippen LogP contribution >= 0.6 is 0 Å². The molecule has 2 amide bonds. The second-order valence-electron chi connectivity index (χ2n) is 5.45. The third-order valence-electron chi connectivity index (χ3n) is 3.86. The Hall–Kier alpha value is -2.25. The number of likely N-dealkylation sites (tertiary alicyclic amines) is 1. The monoisotopic (exact) mass is 330 g/mol. The zero-order chi connectivity index (χ0) is 17.0. The van der Waals surface area contributed by atoms with Gasteiger partial charge in [-0.05, 0) is 30.5 Å². The van der Waals surface area contributed by atoms with E-state index in [2.05, 4.69) is 5.32 Å². The maximum absolute atomic E-state index is 12.4. The van der Waals surface area contributed by atoms with Gasteiger partial charge in [-0.3, -0.25) is 4.79 Å². The summed E-state index contributed by atoms with van der Waals surface area (Å²) >= 11 is 0. The van der Waals surface area contributed by atoms with Crippen molar-refractivity contribution in [2.24, 2.45) is 5.92 Å². The van der Waals surface area contributed by atoms with E-state index in [0.29, 0.717) is 31.5 Å². The highest BCUT2D eigenvalue weighted by molar-refractivity contribution is 5.75. The maximum atomic E-state index is 12.4. The quantitative estimate of drug-likeness (QED) is 0.895. The summed E-state index contributed by atoms with van der Waals surface area (Å²) in [5.41, 5.74) is -0.171. The number of urea groups is 1. The number of carbonyl (C=O) groups is 2. The molecule has 0 unspecified atom stereocenters. The average Bonchev–Trinajstić information content (AvgIpc) is 2.52. The lowest BCUT2D eigenvalue weighted by Crippen LogP contribution is -2.45. The van der Waals surface area contributed by atoms with Gasteiger partial charge in [-0.1, -0.05) is 12.1 Å². The van der Waals surface area contributed by atoms with Crippen molar-refractivity contribution in [2.75, 3.05) is 13.1 Å². The number of carboxylic acid groups (broad SMARTS) is 1. The molecule has 1 aliphatic rings. The van der Waals surface area contributed by atoms with Crippen LogP contribution in [0.2, 0.25) is 0 Å². The maximum Gasteiger partial charge on any atom is 0.416 e. The fourth-order valence-electron chi connectivity index (χ4n) is 2.43. The smallest absolute Gasteiger partial charge is 0.416 e. The van der Waals surface area contributed by atoms with Crippen molar-refractivity contribution in [3.05, 3.63) is 35.4 Å². The first-order valence-corrected chi connectivity index (χ1v) is 7.19. The van der Waals surface area contributed by atoms with Crippen LogP contribution in [0.1, 0.15) is 24.0 Å². The zero-order valence-electron chi connectivity index (χ0n) is 12.3. The highest BCUT2D eigenvalue weighted by Crippen LogP contribution is 2.29. The van der Waals surface area contributed by atoms with Gasteiger partial charge in [0, 0.05) is 19.6 Å². The molecule has 0 saturated carbocycles. The van der Waals surface area contributed by atoms with Gasteiger partial charge in [0.2, 0.25) is 0 Å². The van der Waals surface area contributed by atoms with E-state index in [-0.39, 0.29) is 12.6 Å². The molecule has 23 heavy (non-hydrogen) atoms. The van der Waals surface area contributed by atoms with E-state index in [0.717, 1.165) is 12.1 Å². The average molecular weight is 330 g/mol. The van der Waals surface area contributed by atoms with E-state index in [4.69, 9.17) is 5.11 Å². The fraction of sp³-hybridized carbons (Fsp3) is 0.467. The van der Waals surface area contributed by atoms with Gasteiger partial charge in [0.15, 0.2) is 0 Å². The van der Waals surface area contributed by atoms with Gasteiger partial charge in [0.05, 0.1) is 11.5 Å². The van der Waals surface area contributed by atoms with Gasteiger partial charge >= 0.3 is 18.2 Å². The number of carboxylic acids is 1. The van der Waals surface area contributed by atoms with Gasteiger partial charge in [0.1, 0.15) is 0 Å². The topological polar surface area (TPSA) is 69.6 Å². The number of aliphatic carboxylic acids is 1. The summed E-state index contributed by atoms with van der Waals surface area (Å²) in [5, 5.41) is 11.5. The lowest BCUT2D eigenvalue weighted by atomic mass is 9.97. The molecule has 0 radical (unpaired) electrons. The van der Waals surface area contributed by atoms with E-state index in [1.54, 1.807) is 0 Å². The van der Waals surface area contributed by atoms with Crippen molar-refractivity contribution in [3.63, 3.8) is 0 Å². The number of nitrogens with one attached hydrogen (secondary N) is 1. The van der Waals surface area contributed by atoms with Crippen LogP contribution in [0, 0.1) is 5.92 Å². The number of halogens is 3. The first-order chi connectivity index (χ1) is 10.8. The SMILES string of the molecule is O=C(O)C1CCN(C(=O)NCc2ccc(C(F)(F)F)cc2)CC1. The minimum atomic E-state index is -4.38. The normalized spacial score (nSPS) is 16.2. The highest BCUT2D eigenvalue weighted by Gasteiger charge is 2.30. The molecular formula is C15H17F3N2O3. The van der Waals surface area contributed by atoms with Crippen LogP contribution in [-0.2, 0) is 17.5 Å². The first-order valence-electron chi connectivity index (χ1n) is 7.19. The standard InChI is InChI=1S/C15H17F3N2O3/c16-15(17,18)12-3-1-10(2-4-12)9-19-14(23)20-7-5-11(6-8-20)13(21)22/h1-4,11H,5-9H2,(H,19,23)(H,21,22). The molecule has 0 atom stereocenters. The van der Waals surface area contributed by atoms with Gasteiger partial charge in [-0.25, -0.2) is 4.79 Å². The van der Waals surface area contributed by atoms with Gasteiger partial charge < -0.3 is 15.3 Å². The van der Waals surface area contributed by atoms with E-state index in [1.165, 1.54) is 17.0 Å². The van der Waals surface area contributed by atoms with Crippen LogP contribution in [0.3, 0.4) is 0 Å². The molecule has 1 saturated heterocycles. The summed E-state index contributed by atoms with van der Waals surface area (Å²) in [7, 11) is 0. The van der Waals surface area contributed by atoms with Crippen molar-refractivity contribution in [3.8, 4) is 0 Å². The second kappa shape index (κ2) is 6.89. The predicted octanol–water partition coefficient (Wildman–Crippen LogP) is 2.71. The number of rotatable bonds is 3. The Balaban J connectivity index is 1.82. The van der Waals surface area contributed by atoms with E-state index < -0.39 is 23.6 Å². The minimum Gasteiger partial charge on any atom is -0.481 e. The molecule has 1 fully saturated rings. The molecule has 2 N–H and O–H groups in total. The van der Waals surface area contributed by atoms with Crippen molar-refractivity contribution in [2.45, 2.75) is 25.6 Å². The molecule has 5 nitrogen and oxygen atoms in total. The molecule has 1 aromatic rings. The molecule has 8 heteroatoms. The summed E-state index contributed by atoms with van der Waals surface area (Å²) in [6.07, 6.45) is -3.57. The van der Waals surface area contributed by atoms with Crippen molar-refractivity contribution >= 4 is 12.0 Å². The Bertz CT molecular complexity index is 564. The van der Waals surface area contributed by atoms with Crippen LogP contribution in [0.25, 0.3) is 0 Å². The molecule has 0 aromatic heterocycles. The second-order valence-corrected chi connectivity index (χ2v) is 5.45. The molecule has 2 rings (SSSR count). The minimum absolute atomic E-state index is 0.121. The number of hydrogen-bond donors (Lipinski definition) is 2. The van der Waals surface area contributed by atoms with E-state index >= 15 is 0 Å². The van der Waals surface area contributed by atoms with Gasteiger partial charge in [0.25, 0.3) is 0 Å². The lowest BCUT2D eigenvalue weighted by Gasteiger charge is -2.30. The number of benzene rings is 1. The number of carbonyl (C=O) groups excluding carboxylic acids is 1. The Labute approximate surface area is 131 Å². The first kappa shape index (κ1) is 17.1. The molecule has 0 aliphatic carbocycles. The lowest BCUT2D eigenvalue weighted by molar-refractivity contribution is -0.143. The Kier molecular flexibility index (Phi) is 5.12. The largest absolute Gasteiger partial charge is 0.481 e. The van der Waals surface area contributed by atoms with Gasteiger partial charge in [-0.2, -0.15) is 13.2 Å². The van der Waals surface area contributed by atoms with Gasteiger partial charge in [-0.15, -0.1) is 0 Å². The van der Waals surface area contributed by atoms with E-state index in [1.807, 2.05) is 0 Å². The van der Waals surface area contributed by atoms with E-state index in [9.17, 15) is 22.8 Å². The summed E-state index contributed by atoms with van der Waals surface area (Å²) in [5.74, 6) is -1.27. The summed E-state index contributed by atoms with van der Waals surface area (Å²) < 4.78 is 37.3. The molecule has 1 aromatic carbocycles. The third kappa shape index (κ3) is 4.61. The van der Waals surface area contributed by atoms with Crippen molar-refractivity contribution in [1.82, 2.24) is 10.2 Å².